The van der Waals surface area contributed by atoms with Crippen molar-refractivity contribution in [2.75, 3.05) is 6.54 Å². The summed E-state index contributed by atoms with van der Waals surface area (Å²) in [5.41, 5.74) is 0. The number of aromatic carboxylic acids is 1. The molecule has 0 saturated carbocycles. The Hall–Kier alpha value is -2.26. The molecule has 0 unspecified atom stereocenters. The SMILES string of the molecule is O=C(NCc1ccc(C(=O)O)o1)NCC(F)(F)C(F)F. The van der Waals surface area contributed by atoms with Crippen LogP contribution in [0.25, 0.3) is 0 Å². The average molecular weight is 298 g/mol. The summed E-state index contributed by atoms with van der Waals surface area (Å²) >= 11 is 0. The second kappa shape index (κ2) is 6.26. The highest BCUT2D eigenvalue weighted by Crippen LogP contribution is 2.21. The maximum absolute atomic E-state index is 12.5. The molecule has 3 N–H and O–H groups in total. The van der Waals surface area contributed by atoms with Crippen molar-refractivity contribution in [1.29, 1.82) is 0 Å². The predicted molar refractivity (Wildman–Crippen MR) is 56.9 cm³/mol. The highest BCUT2D eigenvalue weighted by molar-refractivity contribution is 5.84. The van der Waals surface area contributed by atoms with Crippen LogP contribution in [0.15, 0.2) is 16.5 Å². The van der Waals surface area contributed by atoms with Crippen LogP contribution in [0.4, 0.5) is 22.4 Å². The Kier molecular flexibility index (Phi) is 4.94. The van der Waals surface area contributed by atoms with Crippen molar-refractivity contribution < 1.29 is 36.7 Å². The monoisotopic (exact) mass is 298 g/mol. The molecule has 0 aromatic carbocycles. The molecule has 0 aliphatic rings. The van der Waals surface area contributed by atoms with Gasteiger partial charge in [-0.15, -0.1) is 0 Å². The first-order valence-corrected chi connectivity index (χ1v) is 5.22. The van der Waals surface area contributed by atoms with Gasteiger partial charge in [-0.2, -0.15) is 8.78 Å². The third-order valence-corrected chi connectivity index (χ3v) is 2.10. The van der Waals surface area contributed by atoms with Gasteiger partial charge in [0.15, 0.2) is 0 Å². The van der Waals surface area contributed by atoms with Gasteiger partial charge in [-0.1, -0.05) is 0 Å². The van der Waals surface area contributed by atoms with E-state index in [-0.39, 0.29) is 18.1 Å². The van der Waals surface area contributed by atoms with Crippen molar-refractivity contribution in [2.24, 2.45) is 0 Å². The van der Waals surface area contributed by atoms with Crippen molar-refractivity contribution >= 4 is 12.0 Å². The molecule has 1 heterocycles. The van der Waals surface area contributed by atoms with E-state index >= 15 is 0 Å². The number of furan rings is 1. The molecule has 0 saturated heterocycles. The van der Waals surface area contributed by atoms with E-state index < -0.39 is 30.9 Å². The zero-order chi connectivity index (χ0) is 15.3. The molecule has 1 aromatic heterocycles. The lowest BCUT2D eigenvalue weighted by Crippen LogP contribution is -2.45. The lowest BCUT2D eigenvalue weighted by Gasteiger charge is -2.15. The number of halogens is 4. The van der Waals surface area contributed by atoms with Crippen LogP contribution in [0.3, 0.4) is 0 Å². The zero-order valence-electron chi connectivity index (χ0n) is 9.83. The van der Waals surface area contributed by atoms with Crippen LogP contribution in [-0.4, -0.2) is 36.0 Å². The van der Waals surface area contributed by atoms with E-state index in [2.05, 4.69) is 0 Å². The van der Waals surface area contributed by atoms with E-state index in [0.717, 1.165) is 6.07 Å². The number of nitrogens with one attached hydrogen (secondary N) is 2. The van der Waals surface area contributed by atoms with Gasteiger partial charge < -0.3 is 20.2 Å². The van der Waals surface area contributed by atoms with Crippen LogP contribution in [0.5, 0.6) is 0 Å². The van der Waals surface area contributed by atoms with Crippen LogP contribution in [-0.2, 0) is 6.54 Å². The molecule has 6 nitrogen and oxygen atoms in total. The summed E-state index contributed by atoms with van der Waals surface area (Å²) < 4.78 is 53.3. The molecule has 2 amide bonds. The van der Waals surface area contributed by atoms with Gasteiger partial charge in [0.25, 0.3) is 0 Å². The normalized spacial score (nSPS) is 11.4. The Morgan fingerprint density at radius 1 is 1.30 bits per heavy atom. The first-order valence-electron chi connectivity index (χ1n) is 5.22. The van der Waals surface area contributed by atoms with Crippen molar-refractivity contribution in [3.63, 3.8) is 0 Å². The van der Waals surface area contributed by atoms with Gasteiger partial charge in [-0.25, -0.2) is 18.4 Å². The number of alkyl halides is 4. The molecule has 20 heavy (non-hydrogen) atoms. The molecule has 0 atom stereocenters. The van der Waals surface area contributed by atoms with Crippen LogP contribution in [0.1, 0.15) is 16.3 Å². The molecule has 0 aliphatic carbocycles. The molecule has 0 spiro atoms. The summed E-state index contributed by atoms with van der Waals surface area (Å²) in [5.74, 6) is -5.92. The fourth-order valence-corrected chi connectivity index (χ4v) is 1.09. The fraction of sp³-hybridized carbons (Fsp3) is 0.400. The van der Waals surface area contributed by atoms with Crippen LogP contribution < -0.4 is 10.6 Å². The summed E-state index contributed by atoms with van der Waals surface area (Å²) in [6, 6.07) is 1.29. The van der Waals surface area contributed by atoms with E-state index in [0.29, 0.717) is 0 Å². The smallest absolute Gasteiger partial charge is 0.371 e. The van der Waals surface area contributed by atoms with E-state index in [1.54, 1.807) is 5.32 Å². The Labute approximate surface area is 109 Å². The highest BCUT2D eigenvalue weighted by atomic mass is 19.3. The number of hydrogen-bond acceptors (Lipinski definition) is 3. The minimum Gasteiger partial charge on any atom is -0.475 e. The number of hydrogen-bond donors (Lipinski definition) is 3. The maximum atomic E-state index is 12.5. The first kappa shape index (κ1) is 15.8. The standard InChI is InChI=1S/C10H10F4N2O4/c11-8(12)10(13,14)4-16-9(19)15-3-5-1-2-6(20-5)7(17)18/h1-2,8H,3-4H2,(H,17,18)(H2,15,16,19). The van der Waals surface area contributed by atoms with E-state index in [9.17, 15) is 27.2 Å². The molecule has 0 radical (unpaired) electrons. The summed E-state index contributed by atoms with van der Waals surface area (Å²) in [5, 5.41) is 12.2. The number of carbonyl (C=O) groups excluding carboxylic acids is 1. The Morgan fingerprint density at radius 3 is 2.45 bits per heavy atom. The molecular weight excluding hydrogens is 288 g/mol. The molecule has 112 valence electrons. The van der Waals surface area contributed by atoms with Crippen LogP contribution in [0, 0.1) is 0 Å². The van der Waals surface area contributed by atoms with Gasteiger partial charge in [-0.3, -0.25) is 0 Å². The topological polar surface area (TPSA) is 91.6 Å². The summed E-state index contributed by atoms with van der Waals surface area (Å²) in [7, 11) is 0. The zero-order valence-corrected chi connectivity index (χ0v) is 9.83. The number of carbonyl (C=O) groups is 2. The van der Waals surface area contributed by atoms with Crippen LogP contribution in [0.2, 0.25) is 0 Å². The molecule has 1 rings (SSSR count). The minimum absolute atomic E-state index is 0.0677. The van der Waals surface area contributed by atoms with Gasteiger partial charge in [0.1, 0.15) is 5.76 Å². The summed E-state index contributed by atoms with van der Waals surface area (Å²) in [6.07, 6.45) is -3.88. The fourth-order valence-electron chi connectivity index (χ4n) is 1.09. The van der Waals surface area contributed by atoms with Gasteiger partial charge in [0, 0.05) is 0 Å². The lowest BCUT2D eigenvalue weighted by molar-refractivity contribution is -0.123. The third-order valence-electron chi connectivity index (χ3n) is 2.10. The van der Waals surface area contributed by atoms with Crippen molar-refractivity contribution in [1.82, 2.24) is 10.6 Å². The number of rotatable bonds is 6. The number of carboxylic acid groups (broad SMARTS) is 1. The Morgan fingerprint density at radius 2 is 1.95 bits per heavy atom. The highest BCUT2D eigenvalue weighted by Gasteiger charge is 2.40. The van der Waals surface area contributed by atoms with E-state index in [1.807, 2.05) is 5.32 Å². The molecule has 0 aliphatic heterocycles. The second-order valence-electron chi connectivity index (χ2n) is 3.67. The average Bonchev–Trinajstić information content (AvgIpc) is 2.82. The molecule has 0 fully saturated rings. The molecule has 0 bridgehead atoms. The molecule has 1 aromatic rings. The van der Waals surface area contributed by atoms with Gasteiger partial charge >= 0.3 is 24.3 Å². The number of urea groups is 1. The largest absolute Gasteiger partial charge is 0.475 e. The van der Waals surface area contributed by atoms with Crippen molar-refractivity contribution in [3.8, 4) is 0 Å². The predicted octanol–water partition coefficient (Wildman–Crippen LogP) is 1.68. The molecular formula is C10H10F4N2O4. The Balaban J connectivity index is 2.38. The van der Waals surface area contributed by atoms with E-state index in [4.69, 9.17) is 9.52 Å². The third kappa shape index (κ3) is 4.44. The first-order chi connectivity index (χ1) is 9.22. The lowest BCUT2D eigenvalue weighted by atomic mass is 10.3. The number of carboxylic acids is 1. The second-order valence-corrected chi connectivity index (χ2v) is 3.67. The summed E-state index contributed by atoms with van der Waals surface area (Å²) in [6.45, 7) is -1.80. The maximum Gasteiger partial charge on any atom is 0.371 e. The van der Waals surface area contributed by atoms with Crippen molar-refractivity contribution in [2.45, 2.75) is 18.9 Å². The number of amides is 2. The summed E-state index contributed by atoms with van der Waals surface area (Å²) in [4.78, 5) is 21.5. The molecule has 10 heteroatoms. The van der Waals surface area contributed by atoms with E-state index in [1.165, 1.54) is 6.07 Å². The Bertz CT molecular complexity index is 489. The van der Waals surface area contributed by atoms with Crippen molar-refractivity contribution in [3.05, 3.63) is 23.7 Å². The van der Waals surface area contributed by atoms with Gasteiger partial charge in [-0.05, 0) is 12.1 Å². The quantitative estimate of drug-likeness (QED) is 0.697. The van der Waals surface area contributed by atoms with Gasteiger partial charge in [0.2, 0.25) is 5.76 Å². The van der Waals surface area contributed by atoms with Crippen LogP contribution >= 0.6 is 0 Å². The minimum atomic E-state index is -4.32. The van der Waals surface area contributed by atoms with Gasteiger partial charge in [0.05, 0.1) is 13.1 Å².